The van der Waals surface area contributed by atoms with Gasteiger partial charge in [0.2, 0.25) is 0 Å². The quantitative estimate of drug-likeness (QED) is 0.525. The third-order valence-corrected chi connectivity index (χ3v) is 3.04. The molecule has 0 saturated heterocycles. The van der Waals surface area contributed by atoms with Crippen LogP contribution in [-0.4, -0.2) is 26.1 Å². The minimum atomic E-state index is -2.47. The zero-order chi connectivity index (χ0) is 14.6. The molecule has 0 bridgehead atoms. The average Bonchev–Trinajstić information content (AvgIpc) is 2.14. The van der Waals surface area contributed by atoms with Gasteiger partial charge in [0.1, 0.15) is 0 Å². The van der Waals surface area contributed by atoms with Gasteiger partial charge in [-0.15, -0.1) is 0 Å². The fourth-order valence-corrected chi connectivity index (χ4v) is 1.87. The predicted molar refractivity (Wildman–Crippen MR) is 71.3 cm³/mol. The number of alkyl halides is 6. The van der Waals surface area contributed by atoms with Crippen LogP contribution in [0, 0.1) is 0 Å². The zero-order valence-electron chi connectivity index (χ0n) is 8.46. The van der Waals surface area contributed by atoms with Crippen LogP contribution in [-0.2, 0) is 23.2 Å². The van der Waals surface area contributed by atoms with Crippen LogP contribution in [0.25, 0.3) is 0 Å². The summed E-state index contributed by atoms with van der Waals surface area (Å²) in [4.78, 5) is 22.4. The molecule has 0 spiro atoms. The van der Waals surface area contributed by atoms with Crippen molar-refractivity contribution < 1.29 is 23.2 Å². The van der Waals surface area contributed by atoms with Gasteiger partial charge in [-0.25, -0.2) is 9.59 Å². The van der Waals surface area contributed by atoms with Crippen LogP contribution in [0.4, 0.5) is 0 Å². The van der Waals surface area contributed by atoms with Crippen molar-refractivity contribution in [1.29, 1.82) is 0 Å². The molecule has 0 rings (SSSR count). The first-order valence-electron chi connectivity index (χ1n) is 3.99. The predicted octanol–water partition coefficient (Wildman–Crippen LogP) is 4.08. The van der Waals surface area contributed by atoms with Crippen molar-refractivity contribution in [2.75, 3.05) is 6.61 Å². The third kappa shape index (κ3) is 7.61. The monoisotopic (exact) mass is 398 g/mol. The molecule has 0 N–H and O–H groups in total. The van der Waals surface area contributed by atoms with Crippen LogP contribution in [0.1, 0.15) is 6.92 Å². The Bertz CT molecular complexity index is 285. The lowest BCUT2D eigenvalue weighted by atomic mass is 10.8. The minimum absolute atomic E-state index is 0.0476. The molecule has 0 amide bonds. The number of carbonyl (C=O) groups is 2. The highest BCUT2D eigenvalue weighted by Gasteiger charge is 2.40. The molecule has 0 aromatic heterocycles. The maximum atomic E-state index is 11.2. The summed E-state index contributed by atoms with van der Waals surface area (Å²) in [6.07, 6.45) is 0. The topological polar surface area (TPSA) is 61.8 Å². The molecule has 18 heavy (non-hydrogen) atoms. The van der Waals surface area contributed by atoms with Gasteiger partial charge < -0.3 is 9.05 Å². The Morgan fingerprint density at radius 2 is 1.28 bits per heavy atom. The molecule has 0 heterocycles. The Kier molecular flexibility index (Phi) is 8.21. The van der Waals surface area contributed by atoms with Crippen molar-refractivity contribution in [3.63, 3.8) is 0 Å². The van der Waals surface area contributed by atoms with E-state index in [0.717, 1.165) is 0 Å². The van der Waals surface area contributed by atoms with Crippen molar-refractivity contribution in [3.8, 4) is 0 Å². The molecule has 106 valence electrons. The van der Waals surface area contributed by atoms with Gasteiger partial charge in [0.15, 0.2) is 0 Å². The van der Waals surface area contributed by atoms with Crippen molar-refractivity contribution >= 4 is 90.1 Å². The van der Waals surface area contributed by atoms with Crippen LogP contribution >= 0.6 is 78.2 Å². The average molecular weight is 401 g/mol. The standard InChI is InChI=1S/C6H5Cl6O5P/c1-2-15-18(16-3(13)5(7,8)9)17-4(14)6(10,11)12/h2H2,1H3. The second kappa shape index (κ2) is 7.75. The minimum Gasteiger partial charge on any atom is -0.382 e. The highest BCUT2D eigenvalue weighted by molar-refractivity contribution is 7.43. The molecule has 0 saturated carbocycles. The first kappa shape index (κ1) is 19.1. The molecule has 0 aromatic carbocycles. The highest BCUT2D eigenvalue weighted by Crippen LogP contribution is 2.45. The number of rotatable bonds is 4. The molecule has 0 aliphatic rings. The summed E-state index contributed by atoms with van der Waals surface area (Å²) in [5.74, 6) is -2.58. The zero-order valence-corrected chi connectivity index (χ0v) is 13.9. The summed E-state index contributed by atoms with van der Waals surface area (Å²) < 4.78 is 9.13. The van der Waals surface area contributed by atoms with Crippen molar-refractivity contribution in [3.05, 3.63) is 0 Å². The van der Waals surface area contributed by atoms with Gasteiger partial charge in [-0.3, -0.25) is 4.52 Å². The first-order chi connectivity index (χ1) is 7.98. The number of hydrogen-bond donors (Lipinski definition) is 0. The van der Waals surface area contributed by atoms with Gasteiger partial charge >= 0.3 is 20.5 Å². The Labute approximate surface area is 134 Å². The number of halogens is 6. The SMILES string of the molecule is CCOP(OC(=O)C(Cl)(Cl)Cl)OC(=O)C(Cl)(Cl)Cl. The molecular weight excluding hydrogens is 396 g/mol. The summed E-state index contributed by atoms with van der Waals surface area (Å²) in [5, 5.41) is 0. The van der Waals surface area contributed by atoms with E-state index in [1.807, 2.05) is 0 Å². The Balaban J connectivity index is 4.59. The van der Waals surface area contributed by atoms with E-state index < -0.39 is 28.1 Å². The van der Waals surface area contributed by atoms with Crippen molar-refractivity contribution in [2.45, 2.75) is 14.5 Å². The summed E-state index contributed by atoms with van der Waals surface area (Å²) in [7, 11) is -2.47. The Morgan fingerprint density at radius 3 is 1.50 bits per heavy atom. The fourth-order valence-electron chi connectivity index (χ4n) is 0.416. The number of carbonyl (C=O) groups excluding carboxylic acids is 2. The first-order valence-corrected chi connectivity index (χ1v) is 7.36. The maximum absolute atomic E-state index is 11.2. The van der Waals surface area contributed by atoms with Gasteiger partial charge in [0.05, 0.1) is 6.61 Å². The van der Waals surface area contributed by atoms with Crippen molar-refractivity contribution in [2.24, 2.45) is 0 Å². The third-order valence-electron chi connectivity index (χ3n) is 1.01. The fraction of sp³-hybridized carbons (Fsp3) is 0.667. The molecular formula is C6H5Cl6O5P. The van der Waals surface area contributed by atoms with Crippen LogP contribution in [0.5, 0.6) is 0 Å². The highest BCUT2D eigenvalue weighted by atomic mass is 35.6. The molecule has 5 nitrogen and oxygen atoms in total. The molecule has 0 atom stereocenters. The molecule has 0 aromatic rings. The van der Waals surface area contributed by atoms with E-state index in [4.69, 9.17) is 74.1 Å². The molecule has 0 aliphatic heterocycles. The molecule has 0 aliphatic carbocycles. The molecule has 0 unspecified atom stereocenters. The van der Waals surface area contributed by atoms with Gasteiger partial charge in [0.25, 0.3) is 7.59 Å². The Morgan fingerprint density at radius 1 is 0.944 bits per heavy atom. The lowest BCUT2D eigenvalue weighted by Gasteiger charge is -2.18. The Hall–Kier alpha value is 1.07. The second-order valence-electron chi connectivity index (χ2n) is 2.39. The van der Waals surface area contributed by atoms with Crippen LogP contribution in [0.2, 0.25) is 0 Å². The van der Waals surface area contributed by atoms with Crippen LogP contribution in [0.15, 0.2) is 0 Å². The molecule has 12 heteroatoms. The lowest BCUT2D eigenvalue weighted by molar-refractivity contribution is -0.138. The van der Waals surface area contributed by atoms with Gasteiger partial charge in [-0.05, 0) is 6.92 Å². The smallest absolute Gasteiger partial charge is 0.382 e. The van der Waals surface area contributed by atoms with Gasteiger partial charge in [-0.2, -0.15) is 0 Å². The van der Waals surface area contributed by atoms with Crippen LogP contribution in [0.3, 0.4) is 0 Å². The van der Waals surface area contributed by atoms with Gasteiger partial charge in [-0.1, -0.05) is 69.6 Å². The van der Waals surface area contributed by atoms with E-state index in [0.29, 0.717) is 0 Å². The maximum Gasteiger partial charge on any atom is 0.467 e. The normalized spacial score (nSPS) is 12.4. The van der Waals surface area contributed by atoms with E-state index in [1.54, 1.807) is 6.92 Å². The molecule has 0 radical (unpaired) electrons. The van der Waals surface area contributed by atoms with Gasteiger partial charge in [0, 0.05) is 0 Å². The molecule has 0 fully saturated rings. The number of hydrogen-bond acceptors (Lipinski definition) is 5. The largest absolute Gasteiger partial charge is 0.467 e. The van der Waals surface area contributed by atoms with E-state index >= 15 is 0 Å². The second-order valence-corrected chi connectivity index (χ2v) is 8.03. The van der Waals surface area contributed by atoms with Crippen LogP contribution < -0.4 is 0 Å². The summed E-state index contributed by atoms with van der Waals surface area (Å²) in [6.45, 7) is 1.59. The van der Waals surface area contributed by atoms with Crippen molar-refractivity contribution in [1.82, 2.24) is 0 Å². The summed E-state index contributed by atoms with van der Waals surface area (Å²) in [6, 6.07) is 0. The summed E-state index contributed by atoms with van der Waals surface area (Å²) in [5.41, 5.74) is 0. The van der Waals surface area contributed by atoms with E-state index in [2.05, 4.69) is 9.05 Å². The van der Waals surface area contributed by atoms with E-state index in [9.17, 15) is 9.59 Å². The van der Waals surface area contributed by atoms with E-state index in [-0.39, 0.29) is 6.61 Å². The lowest BCUT2D eigenvalue weighted by Crippen LogP contribution is -2.24. The summed E-state index contributed by atoms with van der Waals surface area (Å²) >= 11 is 31.5. The van der Waals surface area contributed by atoms with E-state index in [1.165, 1.54) is 0 Å².